The van der Waals surface area contributed by atoms with Gasteiger partial charge in [0.2, 0.25) is 5.88 Å². The fourth-order valence-electron chi connectivity index (χ4n) is 3.82. The molecule has 1 aromatic carbocycles. The minimum atomic E-state index is 0.610. The van der Waals surface area contributed by atoms with Gasteiger partial charge in [0.05, 0.1) is 24.2 Å². The van der Waals surface area contributed by atoms with Crippen LogP contribution in [0, 0.1) is 6.92 Å². The maximum absolute atomic E-state index is 5.40. The fourth-order valence-corrected chi connectivity index (χ4v) is 3.82. The number of benzene rings is 1. The minimum Gasteiger partial charge on any atom is -0.480 e. The third-order valence-corrected chi connectivity index (χ3v) is 5.21. The summed E-state index contributed by atoms with van der Waals surface area (Å²) < 4.78 is 7.31. The van der Waals surface area contributed by atoms with Gasteiger partial charge >= 0.3 is 0 Å². The number of methoxy groups -OCH3 is 1. The van der Waals surface area contributed by atoms with Gasteiger partial charge in [-0.1, -0.05) is 0 Å². The van der Waals surface area contributed by atoms with E-state index in [9.17, 15) is 0 Å². The molecule has 1 saturated heterocycles. The Morgan fingerprint density at radius 2 is 1.79 bits per heavy atom. The monoisotopic (exact) mass is 375 g/mol. The van der Waals surface area contributed by atoms with Crippen molar-refractivity contribution >= 4 is 28.1 Å². The molecule has 0 atom stereocenters. The van der Waals surface area contributed by atoms with E-state index in [2.05, 4.69) is 48.0 Å². The highest BCUT2D eigenvalue weighted by atomic mass is 16.5. The van der Waals surface area contributed by atoms with Crippen molar-refractivity contribution in [3.8, 4) is 5.88 Å². The number of aromatic nitrogens is 5. The Bertz CT molecular complexity index is 1150. The summed E-state index contributed by atoms with van der Waals surface area (Å²) in [7, 11) is 1.64. The van der Waals surface area contributed by atoms with Gasteiger partial charge in [0.1, 0.15) is 12.1 Å². The van der Waals surface area contributed by atoms with Gasteiger partial charge in [0.15, 0.2) is 5.65 Å². The highest BCUT2D eigenvalue weighted by Gasteiger charge is 2.21. The van der Waals surface area contributed by atoms with Gasteiger partial charge in [0.25, 0.3) is 0 Å². The summed E-state index contributed by atoms with van der Waals surface area (Å²) in [6.45, 7) is 5.70. The Kier molecular flexibility index (Phi) is 3.96. The molecular weight excluding hydrogens is 354 g/mol. The van der Waals surface area contributed by atoms with E-state index >= 15 is 0 Å². The lowest BCUT2D eigenvalue weighted by molar-refractivity contribution is 0.402. The van der Waals surface area contributed by atoms with Crippen molar-refractivity contribution in [1.29, 1.82) is 0 Å². The molecule has 4 aromatic rings. The number of piperazine rings is 1. The Balaban J connectivity index is 1.40. The first-order valence-corrected chi connectivity index (χ1v) is 9.33. The largest absolute Gasteiger partial charge is 0.480 e. The van der Waals surface area contributed by atoms with Gasteiger partial charge in [0, 0.05) is 49.7 Å². The summed E-state index contributed by atoms with van der Waals surface area (Å²) in [5.74, 6) is 1.71. The molecule has 0 saturated carbocycles. The molecule has 0 unspecified atom stereocenters. The molecule has 5 rings (SSSR count). The van der Waals surface area contributed by atoms with E-state index in [4.69, 9.17) is 4.74 Å². The van der Waals surface area contributed by atoms with E-state index in [1.54, 1.807) is 13.3 Å². The van der Waals surface area contributed by atoms with Crippen molar-refractivity contribution in [1.82, 2.24) is 24.6 Å². The number of hydrogen-bond donors (Lipinski definition) is 0. The van der Waals surface area contributed by atoms with E-state index < -0.39 is 0 Å². The Hall–Kier alpha value is -3.42. The van der Waals surface area contributed by atoms with Crippen LogP contribution in [0.3, 0.4) is 0 Å². The lowest BCUT2D eigenvalue weighted by Crippen LogP contribution is -2.47. The summed E-state index contributed by atoms with van der Waals surface area (Å²) in [6, 6.07) is 10.3. The Labute approximate surface area is 162 Å². The molecule has 0 N–H and O–H groups in total. The summed E-state index contributed by atoms with van der Waals surface area (Å²) in [5, 5.41) is 5.37. The number of nitrogens with zero attached hydrogens (tertiary/aromatic N) is 7. The molecule has 0 aliphatic carbocycles. The molecule has 4 heterocycles. The predicted octanol–water partition coefficient (Wildman–Crippen LogP) is 2.32. The molecule has 0 radical (unpaired) electrons. The van der Waals surface area contributed by atoms with Crippen LogP contribution in [0.1, 0.15) is 5.69 Å². The zero-order valence-electron chi connectivity index (χ0n) is 15.9. The molecule has 142 valence electrons. The van der Waals surface area contributed by atoms with E-state index in [-0.39, 0.29) is 0 Å². The van der Waals surface area contributed by atoms with Crippen LogP contribution >= 0.6 is 0 Å². The first-order chi connectivity index (χ1) is 13.7. The van der Waals surface area contributed by atoms with E-state index in [0.717, 1.165) is 59.9 Å². The summed E-state index contributed by atoms with van der Waals surface area (Å²) in [5.41, 5.74) is 3.95. The van der Waals surface area contributed by atoms with Crippen LogP contribution in [0.4, 0.5) is 11.5 Å². The van der Waals surface area contributed by atoms with E-state index in [0.29, 0.717) is 5.88 Å². The smallest absolute Gasteiger partial charge is 0.224 e. The summed E-state index contributed by atoms with van der Waals surface area (Å²) in [4.78, 5) is 17.8. The molecular formula is C20H21N7O. The second-order valence-corrected chi connectivity index (χ2v) is 6.92. The highest BCUT2D eigenvalue weighted by Crippen LogP contribution is 2.28. The zero-order chi connectivity index (χ0) is 19.1. The average Bonchev–Trinajstić information content (AvgIpc) is 3.21. The Morgan fingerprint density at radius 3 is 2.61 bits per heavy atom. The molecule has 8 heteroatoms. The van der Waals surface area contributed by atoms with Crippen LogP contribution in [-0.4, -0.2) is 57.9 Å². The quantitative estimate of drug-likeness (QED) is 0.544. The normalized spacial score (nSPS) is 14.8. The van der Waals surface area contributed by atoms with Crippen LogP contribution in [0.5, 0.6) is 5.88 Å². The van der Waals surface area contributed by atoms with Gasteiger partial charge in [-0.05, 0) is 25.1 Å². The molecule has 0 spiro atoms. The maximum Gasteiger partial charge on any atom is 0.224 e. The van der Waals surface area contributed by atoms with Crippen LogP contribution in [0.25, 0.3) is 16.6 Å². The Morgan fingerprint density at radius 1 is 0.964 bits per heavy atom. The lowest BCUT2D eigenvalue weighted by Gasteiger charge is -2.37. The third-order valence-electron chi connectivity index (χ3n) is 5.21. The van der Waals surface area contributed by atoms with Gasteiger partial charge in [-0.2, -0.15) is 9.61 Å². The SMILES string of the molecule is COc1ncnc2ccc(N3CCN(c4cc(C)nc5ccnn45)CC3)cc12. The van der Waals surface area contributed by atoms with Crippen molar-refractivity contribution in [3.05, 3.63) is 48.5 Å². The van der Waals surface area contributed by atoms with Crippen molar-refractivity contribution in [3.63, 3.8) is 0 Å². The third kappa shape index (κ3) is 2.77. The molecule has 28 heavy (non-hydrogen) atoms. The summed E-state index contributed by atoms with van der Waals surface area (Å²) in [6.07, 6.45) is 3.33. The van der Waals surface area contributed by atoms with Crippen molar-refractivity contribution in [2.24, 2.45) is 0 Å². The molecule has 8 nitrogen and oxygen atoms in total. The highest BCUT2D eigenvalue weighted by molar-refractivity contribution is 5.86. The van der Waals surface area contributed by atoms with Crippen molar-refractivity contribution < 1.29 is 4.74 Å². The van der Waals surface area contributed by atoms with Crippen molar-refractivity contribution in [2.45, 2.75) is 6.92 Å². The molecule has 1 fully saturated rings. The molecule has 3 aromatic heterocycles. The molecule has 0 amide bonds. The average molecular weight is 375 g/mol. The van der Waals surface area contributed by atoms with E-state index in [1.165, 1.54) is 6.33 Å². The standard InChI is InChI=1S/C20H21N7O/c1-14-11-19(27-18(24-14)5-6-23-27)26-9-7-25(8-10-26)15-3-4-17-16(12-15)20(28-2)22-13-21-17/h3-6,11-13H,7-10H2,1-2H3. The number of rotatable bonds is 3. The van der Waals surface area contributed by atoms with Crippen LogP contribution in [0.15, 0.2) is 42.9 Å². The molecule has 1 aliphatic heterocycles. The maximum atomic E-state index is 5.40. The second-order valence-electron chi connectivity index (χ2n) is 6.92. The van der Waals surface area contributed by atoms with Crippen LogP contribution < -0.4 is 14.5 Å². The van der Waals surface area contributed by atoms with Gasteiger partial charge in [-0.25, -0.2) is 15.0 Å². The van der Waals surface area contributed by atoms with Gasteiger partial charge in [-0.3, -0.25) is 0 Å². The molecule has 1 aliphatic rings. The number of anilines is 2. The van der Waals surface area contributed by atoms with Crippen molar-refractivity contribution in [2.75, 3.05) is 43.1 Å². The number of ether oxygens (including phenoxy) is 1. The number of aryl methyl sites for hydroxylation is 1. The topological polar surface area (TPSA) is 71.7 Å². The molecule has 0 bridgehead atoms. The van der Waals surface area contributed by atoms with Gasteiger partial charge in [-0.15, -0.1) is 0 Å². The van der Waals surface area contributed by atoms with E-state index in [1.807, 2.05) is 23.6 Å². The number of hydrogen-bond acceptors (Lipinski definition) is 7. The van der Waals surface area contributed by atoms with Crippen LogP contribution in [-0.2, 0) is 0 Å². The first-order valence-electron chi connectivity index (χ1n) is 9.33. The lowest BCUT2D eigenvalue weighted by atomic mass is 10.2. The second kappa shape index (κ2) is 6.63. The fraction of sp³-hybridized carbons (Fsp3) is 0.300. The van der Waals surface area contributed by atoms with Gasteiger partial charge < -0.3 is 14.5 Å². The predicted molar refractivity (Wildman–Crippen MR) is 108 cm³/mol. The zero-order valence-corrected chi connectivity index (χ0v) is 15.9. The minimum absolute atomic E-state index is 0.610. The first kappa shape index (κ1) is 16.7. The van der Waals surface area contributed by atoms with Crippen LogP contribution in [0.2, 0.25) is 0 Å². The number of fused-ring (bicyclic) bond motifs is 2. The summed E-state index contributed by atoms with van der Waals surface area (Å²) >= 11 is 0.